The lowest BCUT2D eigenvalue weighted by Crippen LogP contribution is -2.52. The van der Waals surface area contributed by atoms with Gasteiger partial charge in [-0.15, -0.1) is 24.0 Å². The maximum atomic E-state index is 5.46. The Labute approximate surface area is 186 Å². The van der Waals surface area contributed by atoms with Crippen LogP contribution in [0.4, 0.5) is 0 Å². The molecular weight excluding hydrogens is 483 g/mol. The molecule has 0 radical (unpaired) electrons. The molecule has 2 aromatic heterocycles. The number of aromatic nitrogens is 2. The highest BCUT2D eigenvalue weighted by Gasteiger charge is 2.20. The van der Waals surface area contributed by atoms with Crippen molar-refractivity contribution >= 4 is 29.9 Å². The molecule has 154 valence electrons. The molecule has 8 nitrogen and oxygen atoms in total. The standard InChI is InChI=1S/C20H24N6O2.HI/c1-21-20(26-10-8-25(9-11-26)15-17-7-12-27-23-17)22-14-18-13-19(28-24-18)16-5-3-2-4-6-16;/h2-7,12-13H,8-11,14-15H2,1H3,(H,21,22);1H. The number of nitrogens with one attached hydrogen (secondary N) is 1. The van der Waals surface area contributed by atoms with Crippen LogP contribution in [-0.4, -0.2) is 59.3 Å². The molecule has 1 aliphatic heterocycles. The van der Waals surface area contributed by atoms with Crippen LogP contribution >= 0.6 is 24.0 Å². The first kappa shape index (κ1) is 21.3. The fourth-order valence-electron chi connectivity index (χ4n) is 3.30. The smallest absolute Gasteiger partial charge is 0.194 e. The number of rotatable bonds is 5. The number of hydrogen-bond donors (Lipinski definition) is 1. The average molecular weight is 508 g/mol. The van der Waals surface area contributed by atoms with Crippen molar-refractivity contribution in [3.63, 3.8) is 0 Å². The van der Waals surface area contributed by atoms with Crippen LogP contribution < -0.4 is 5.32 Å². The zero-order valence-corrected chi connectivity index (χ0v) is 18.7. The lowest BCUT2D eigenvalue weighted by Gasteiger charge is -2.36. The van der Waals surface area contributed by atoms with E-state index >= 15 is 0 Å². The topological polar surface area (TPSA) is 82.9 Å². The van der Waals surface area contributed by atoms with Gasteiger partial charge in [0.2, 0.25) is 0 Å². The maximum Gasteiger partial charge on any atom is 0.194 e. The van der Waals surface area contributed by atoms with Gasteiger partial charge in [-0.3, -0.25) is 9.89 Å². The number of benzene rings is 1. The molecule has 3 heterocycles. The summed E-state index contributed by atoms with van der Waals surface area (Å²) in [7, 11) is 1.81. The van der Waals surface area contributed by atoms with Gasteiger partial charge in [-0.1, -0.05) is 40.6 Å². The van der Waals surface area contributed by atoms with E-state index in [2.05, 4.69) is 30.4 Å². The third kappa shape index (κ3) is 5.57. The number of hydrogen-bond acceptors (Lipinski definition) is 6. The van der Waals surface area contributed by atoms with Gasteiger partial charge in [-0.05, 0) is 0 Å². The number of nitrogens with zero attached hydrogens (tertiary/aromatic N) is 5. The van der Waals surface area contributed by atoms with Gasteiger partial charge in [-0.2, -0.15) is 0 Å². The maximum absolute atomic E-state index is 5.46. The van der Waals surface area contributed by atoms with Crippen molar-refractivity contribution in [1.82, 2.24) is 25.4 Å². The number of halogens is 1. The zero-order chi connectivity index (χ0) is 19.2. The van der Waals surface area contributed by atoms with E-state index in [4.69, 9.17) is 9.05 Å². The molecule has 0 atom stereocenters. The van der Waals surface area contributed by atoms with E-state index < -0.39 is 0 Å². The van der Waals surface area contributed by atoms with E-state index in [-0.39, 0.29) is 24.0 Å². The summed E-state index contributed by atoms with van der Waals surface area (Å²) in [4.78, 5) is 9.05. The minimum absolute atomic E-state index is 0. The largest absolute Gasteiger partial charge is 0.364 e. The molecule has 4 rings (SSSR count). The predicted molar refractivity (Wildman–Crippen MR) is 121 cm³/mol. The predicted octanol–water partition coefficient (Wildman–Crippen LogP) is 2.84. The molecule has 29 heavy (non-hydrogen) atoms. The fraction of sp³-hybridized carbons (Fsp3) is 0.350. The molecule has 0 bridgehead atoms. The summed E-state index contributed by atoms with van der Waals surface area (Å²) in [6, 6.07) is 13.8. The third-order valence-corrected chi connectivity index (χ3v) is 4.81. The van der Waals surface area contributed by atoms with Crippen molar-refractivity contribution < 1.29 is 9.05 Å². The Hall–Kier alpha value is -2.40. The van der Waals surface area contributed by atoms with Gasteiger partial charge in [-0.25, -0.2) is 0 Å². The molecule has 1 saturated heterocycles. The first-order valence-corrected chi connectivity index (χ1v) is 9.40. The Morgan fingerprint density at radius 2 is 1.86 bits per heavy atom. The lowest BCUT2D eigenvalue weighted by molar-refractivity contribution is 0.169. The first-order chi connectivity index (χ1) is 13.8. The van der Waals surface area contributed by atoms with Gasteiger partial charge in [0.15, 0.2) is 11.7 Å². The summed E-state index contributed by atoms with van der Waals surface area (Å²) in [5, 5.41) is 11.5. The van der Waals surface area contributed by atoms with Gasteiger partial charge < -0.3 is 19.3 Å². The van der Waals surface area contributed by atoms with Gasteiger partial charge in [0.1, 0.15) is 12.0 Å². The molecule has 1 aromatic carbocycles. The van der Waals surface area contributed by atoms with Crippen molar-refractivity contribution in [1.29, 1.82) is 0 Å². The third-order valence-electron chi connectivity index (χ3n) is 4.81. The summed E-state index contributed by atoms with van der Waals surface area (Å²) in [6.07, 6.45) is 1.62. The molecule has 3 aromatic rings. The van der Waals surface area contributed by atoms with Gasteiger partial charge in [0, 0.05) is 57.5 Å². The van der Waals surface area contributed by atoms with Crippen molar-refractivity contribution in [2.24, 2.45) is 4.99 Å². The molecule has 0 amide bonds. The molecule has 0 spiro atoms. The Morgan fingerprint density at radius 1 is 1.07 bits per heavy atom. The summed E-state index contributed by atoms with van der Waals surface area (Å²) < 4.78 is 10.4. The van der Waals surface area contributed by atoms with Crippen molar-refractivity contribution in [3.05, 3.63) is 60.1 Å². The molecule has 1 aliphatic rings. The minimum Gasteiger partial charge on any atom is -0.364 e. The summed E-state index contributed by atoms with van der Waals surface area (Å²) >= 11 is 0. The van der Waals surface area contributed by atoms with Crippen LogP contribution in [0.15, 0.2) is 62.8 Å². The van der Waals surface area contributed by atoms with E-state index in [9.17, 15) is 0 Å². The van der Waals surface area contributed by atoms with Crippen LogP contribution in [0.2, 0.25) is 0 Å². The van der Waals surface area contributed by atoms with Crippen molar-refractivity contribution in [3.8, 4) is 11.3 Å². The summed E-state index contributed by atoms with van der Waals surface area (Å²) in [6.45, 7) is 5.11. The molecule has 9 heteroatoms. The van der Waals surface area contributed by atoms with Gasteiger partial charge >= 0.3 is 0 Å². The highest BCUT2D eigenvalue weighted by Crippen LogP contribution is 2.19. The van der Waals surface area contributed by atoms with Gasteiger partial charge in [0.25, 0.3) is 0 Å². The number of aliphatic imine (C=N–C) groups is 1. The summed E-state index contributed by atoms with van der Waals surface area (Å²) in [5.74, 6) is 1.65. The Kier molecular flexibility index (Phi) is 7.64. The van der Waals surface area contributed by atoms with Crippen molar-refractivity contribution in [2.45, 2.75) is 13.1 Å². The van der Waals surface area contributed by atoms with Crippen LogP contribution in [0, 0.1) is 0 Å². The van der Waals surface area contributed by atoms with Gasteiger partial charge in [0.05, 0.1) is 12.2 Å². The molecule has 0 aliphatic carbocycles. The van der Waals surface area contributed by atoms with E-state index in [0.717, 1.165) is 61.4 Å². The molecule has 1 fully saturated rings. The minimum atomic E-state index is 0. The summed E-state index contributed by atoms with van der Waals surface area (Å²) in [5.41, 5.74) is 2.84. The van der Waals surface area contributed by atoms with Crippen LogP contribution in [0.25, 0.3) is 11.3 Å². The first-order valence-electron chi connectivity index (χ1n) is 9.40. The molecule has 0 unspecified atom stereocenters. The van der Waals surface area contributed by atoms with E-state index in [1.54, 1.807) is 6.26 Å². The highest BCUT2D eigenvalue weighted by molar-refractivity contribution is 14.0. The normalized spacial score (nSPS) is 15.2. The Bertz CT molecular complexity index is 889. The average Bonchev–Trinajstić information content (AvgIpc) is 3.42. The lowest BCUT2D eigenvalue weighted by atomic mass is 10.2. The molecule has 0 saturated carbocycles. The van der Waals surface area contributed by atoms with Crippen LogP contribution in [0.5, 0.6) is 0 Å². The Morgan fingerprint density at radius 3 is 2.55 bits per heavy atom. The van der Waals surface area contributed by atoms with E-state index in [1.165, 1.54) is 0 Å². The molecule has 1 N–H and O–H groups in total. The molecular formula is C20H25IN6O2. The fourth-order valence-corrected chi connectivity index (χ4v) is 3.30. The van der Waals surface area contributed by atoms with E-state index in [0.29, 0.717) is 6.54 Å². The second-order valence-corrected chi connectivity index (χ2v) is 6.70. The quantitative estimate of drug-likeness (QED) is 0.323. The second kappa shape index (κ2) is 10.4. The number of piperazine rings is 1. The zero-order valence-electron chi connectivity index (χ0n) is 16.3. The highest BCUT2D eigenvalue weighted by atomic mass is 127. The van der Waals surface area contributed by atoms with Crippen LogP contribution in [0.1, 0.15) is 11.4 Å². The Balaban J connectivity index is 0.00000240. The second-order valence-electron chi connectivity index (χ2n) is 6.70. The monoisotopic (exact) mass is 508 g/mol. The van der Waals surface area contributed by atoms with E-state index in [1.807, 2.05) is 49.5 Å². The number of guanidine groups is 1. The van der Waals surface area contributed by atoms with Crippen molar-refractivity contribution in [2.75, 3.05) is 33.2 Å². The SMILES string of the molecule is CN=C(NCc1cc(-c2ccccc2)on1)N1CCN(Cc2ccon2)CC1.I. The van der Waals surface area contributed by atoms with Crippen LogP contribution in [0.3, 0.4) is 0 Å². The van der Waals surface area contributed by atoms with Crippen LogP contribution in [-0.2, 0) is 13.1 Å².